The lowest BCUT2D eigenvalue weighted by molar-refractivity contribution is -0.115. The first-order chi connectivity index (χ1) is 12.7. The Balaban J connectivity index is 1.69. The van der Waals surface area contributed by atoms with Crippen LogP contribution >= 0.6 is 35.3 Å². The number of hydrogen-bond acceptors (Lipinski definition) is 10. The first kappa shape index (κ1) is 19.2. The van der Waals surface area contributed by atoms with Gasteiger partial charge in [0.05, 0.1) is 18.8 Å². The van der Waals surface area contributed by atoms with Gasteiger partial charge in [0.1, 0.15) is 25.4 Å². The van der Waals surface area contributed by atoms with E-state index >= 15 is 0 Å². The van der Waals surface area contributed by atoms with Gasteiger partial charge in [0, 0.05) is 0 Å². The summed E-state index contributed by atoms with van der Waals surface area (Å²) in [4.78, 5) is 42.2. The lowest BCUT2D eigenvalue weighted by atomic mass is 10.1. The minimum absolute atomic E-state index is 0.0148. The number of rotatable bonds is 3. The van der Waals surface area contributed by atoms with Crippen LogP contribution in [-0.4, -0.2) is 65.0 Å². The number of anilines is 1. The van der Waals surface area contributed by atoms with Crippen LogP contribution in [0.1, 0.15) is 0 Å². The highest BCUT2D eigenvalue weighted by molar-refractivity contribution is 9.10. The maximum absolute atomic E-state index is 12.5. The Bertz CT molecular complexity index is 997. The second-order valence-electron chi connectivity index (χ2n) is 6.03. The van der Waals surface area contributed by atoms with Gasteiger partial charge in [-0.15, -0.1) is 0 Å². The maximum atomic E-state index is 12.5. The fourth-order valence-electron chi connectivity index (χ4n) is 2.92. The predicted molar refractivity (Wildman–Crippen MR) is 99.1 cm³/mol. The van der Waals surface area contributed by atoms with Gasteiger partial charge >= 0.3 is 7.15 Å². The number of aliphatic hydroxyl groups excluding tert-OH is 2. The van der Waals surface area contributed by atoms with Crippen LogP contribution in [0.25, 0.3) is 11.2 Å². The standard InChI is InChI=1S/C12H13BrN5O7PS/c13-11-15-7-9(16-12-14-6(21)2-18(12)10(7)22)17(11)1-4(19)8-5(20)3-24-26(23,27)25-8/h4-5,8,19-20,23,27H,1-3H2/p+1. The summed E-state index contributed by atoms with van der Waals surface area (Å²) in [6.07, 6.45) is -3.67. The second kappa shape index (κ2) is 6.74. The number of amides is 1. The number of nitrogens with zero attached hydrogens (tertiary/aromatic N) is 4. The zero-order valence-corrected chi connectivity index (χ0v) is 16.8. The molecular formula is C12H14BrN5O7PS+. The van der Waals surface area contributed by atoms with Gasteiger partial charge in [-0.25, -0.2) is 4.98 Å². The third-order valence-corrected chi connectivity index (χ3v) is 6.40. The number of fused-ring (bicyclic) bond motifs is 2. The van der Waals surface area contributed by atoms with Crippen molar-refractivity contribution >= 4 is 58.3 Å². The van der Waals surface area contributed by atoms with E-state index in [2.05, 4.69) is 43.5 Å². The fraction of sp³-hybridized carbons (Fsp3) is 0.500. The highest BCUT2D eigenvalue weighted by Crippen LogP contribution is 2.64. The number of imidazole rings is 1. The first-order valence-corrected chi connectivity index (χ1v) is 11.2. The molecule has 27 heavy (non-hydrogen) atoms. The molecule has 2 aromatic heterocycles. The molecule has 4 unspecified atom stereocenters. The molecule has 0 radical (unpaired) electrons. The molecular weight excluding hydrogens is 469 g/mol. The van der Waals surface area contributed by atoms with E-state index in [9.17, 15) is 24.7 Å². The molecule has 1 amide bonds. The highest BCUT2D eigenvalue weighted by atomic mass is 79.9. The van der Waals surface area contributed by atoms with Crippen LogP contribution in [0, 0.1) is 0 Å². The molecule has 15 heteroatoms. The number of nitrogens with one attached hydrogen (secondary N) is 1. The van der Waals surface area contributed by atoms with Gasteiger partial charge in [-0.1, -0.05) is 0 Å². The fourth-order valence-corrected chi connectivity index (χ4v) is 4.94. The van der Waals surface area contributed by atoms with E-state index in [1.54, 1.807) is 0 Å². The average molecular weight is 483 g/mol. The summed E-state index contributed by atoms with van der Waals surface area (Å²) in [5.74, 6) is -0.285. The topological polar surface area (TPSA) is 161 Å². The minimum atomic E-state index is -3.44. The smallest absolute Gasteiger partial charge is 0.388 e. The third-order valence-electron chi connectivity index (χ3n) is 4.16. The SMILES string of the molecule is O=C1Cn2c(nc3c(nc(Br)n3CC(O)C3O[P+](O)(S)OCC3O)c2=O)N1. The van der Waals surface area contributed by atoms with E-state index in [1.165, 1.54) is 9.13 Å². The molecule has 2 aliphatic rings. The number of aromatic nitrogens is 4. The summed E-state index contributed by atoms with van der Waals surface area (Å²) in [5, 5.41) is 23.0. The summed E-state index contributed by atoms with van der Waals surface area (Å²) < 4.78 is 12.8. The average Bonchev–Trinajstić information content (AvgIpc) is 3.11. The zero-order chi connectivity index (χ0) is 19.5. The summed E-state index contributed by atoms with van der Waals surface area (Å²) in [6, 6.07) is 0. The Labute approximate surface area is 165 Å². The Morgan fingerprint density at radius 1 is 1.44 bits per heavy atom. The number of hydrogen-bond donors (Lipinski definition) is 5. The molecule has 12 nitrogen and oxygen atoms in total. The van der Waals surface area contributed by atoms with Crippen LogP contribution in [0.15, 0.2) is 9.53 Å². The summed E-state index contributed by atoms with van der Waals surface area (Å²) in [5.41, 5.74) is -0.349. The minimum Gasteiger partial charge on any atom is -0.388 e. The molecule has 4 rings (SSSR count). The van der Waals surface area contributed by atoms with Gasteiger partial charge in [-0.3, -0.25) is 19.5 Å². The first-order valence-electron chi connectivity index (χ1n) is 7.66. The van der Waals surface area contributed by atoms with E-state index in [4.69, 9.17) is 9.05 Å². The number of halogens is 1. The molecule has 0 saturated carbocycles. The second-order valence-corrected chi connectivity index (χ2v) is 9.71. The Morgan fingerprint density at radius 3 is 2.93 bits per heavy atom. The lowest BCUT2D eigenvalue weighted by Gasteiger charge is -2.31. The Hall–Kier alpha value is -1.12. The van der Waals surface area contributed by atoms with Crippen LogP contribution < -0.4 is 10.9 Å². The number of carbonyl (C=O) groups is 1. The largest absolute Gasteiger partial charge is 0.476 e. The third kappa shape index (κ3) is 3.40. The molecule has 1 fully saturated rings. The molecule has 0 spiro atoms. The van der Waals surface area contributed by atoms with Crippen molar-refractivity contribution in [2.45, 2.75) is 31.4 Å². The molecule has 0 bridgehead atoms. The molecule has 0 aromatic carbocycles. The Morgan fingerprint density at radius 2 is 2.19 bits per heavy atom. The summed E-state index contributed by atoms with van der Waals surface area (Å²) >= 11 is 7.06. The van der Waals surface area contributed by atoms with Crippen LogP contribution in [0.5, 0.6) is 0 Å². The van der Waals surface area contributed by atoms with Crippen molar-refractivity contribution in [3.8, 4) is 0 Å². The predicted octanol–water partition coefficient (Wildman–Crippen LogP) is -0.956. The summed E-state index contributed by atoms with van der Waals surface area (Å²) in [7, 11) is -3.44. The van der Waals surface area contributed by atoms with Crippen molar-refractivity contribution < 1.29 is 28.9 Å². The van der Waals surface area contributed by atoms with Crippen molar-refractivity contribution in [2.24, 2.45) is 0 Å². The van der Waals surface area contributed by atoms with Gasteiger partial charge in [0.15, 0.2) is 22.0 Å². The van der Waals surface area contributed by atoms with E-state index in [1.807, 2.05) is 0 Å². The monoisotopic (exact) mass is 482 g/mol. The molecule has 1 saturated heterocycles. The van der Waals surface area contributed by atoms with Crippen LogP contribution in [0.3, 0.4) is 0 Å². The zero-order valence-electron chi connectivity index (χ0n) is 13.4. The summed E-state index contributed by atoms with van der Waals surface area (Å²) in [6.45, 7) is -0.562. The van der Waals surface area contributed by atoms with Crippen LogP contribution in [0.2, 0.25) is 0 Å². The highest BCUT2D eigenvalue weighted by Gasteiger charge is 2.51. The van der Waals surface area contributed by atoms with Crippen molar-refractivity contribution in [1.82, 2.24) is 19.1 Å². The van der Waals surface area contributed by atoms with E-state index < -0.39 is 31.0 Å². The van der Waals surface area contributed by atoms with E-state index in [-0.39, 0.29) is 47.4 Å². The lowest BCUT2D eigenvalue weighted by Crippen LogP contribution is -2.46. The quantitative estimate of drug-likeness (QED) is 0.211. The van der Waals surface area contributed by atoms with Crippen LogP contribution in [0.4, 0.5) is 5.95 Å². The van der Waals surface area contributed by atoms with Crippen molar-refractivity contribution in [1.29, 1.82) is 0 Å². The van der Waals surface area contributed by atoms with Gasteiger partial charge < -0.3 is 14.8 Å². The van der Waals surface area contributed by atoms with Crippen molar-refractivity contribution in [2.75, 3.05) is 11.9 Å². The van der Waals surface area contributed by atoms with Gasteiger partial charge in [0.25, 0.3) is 5.56 Å². The van der Waals surface area contributed by atoms with Gasteiger partial charge in [-0.2, -0.15) is 18.9 Å². The molecule has 146 valence electrons. The molecule has 0 aliphatic carbocycles. The van der Waals surface area contributed by atoms with E-state index in [0.717, 1.165) is 0 Å². The normalized spacial score (nSPS) is 29.0. The molecule has 4 atom stereocenters. The van der Waals surface area contributed by atoms with Crippen molar-refractivity contribution in [3.05, 3.63) is 15.1 Å². The van der Waals surface area contributed by atoms with Crippen LogP contribution in [-0.2, 0) is 26.9 Å². The van der Waals surface area contributed by atoms with Gasteiger partial charge in [-0.05, 0) is 15.9 Å². The molecule has 4 heterocycles. The van der Waals surface area contributed by atoms with Gasteiger partial charge in [0.2, 0.25) is 11.9 Å². The Kier molecular flexibility index (Phi) is 4.79. The number of thiol groups is 1. The molecule has 4 N–H and O–H groups in total. The molecule has 2 aromatic rings. The number of carbonyl (C=O) groups excluding carboxylic acids is 1. The van der Waals surface area contributed by atoms with Crippen molar-refractivity contribution in [3.63, 3.8) is 0 Å². The molecule has 2 aliphatic heterocycles. The number of aliphatic hydroxyl groups is 2. The maximum Gasteiger partial charge on any atom is 0.476 e. The van der Waals surface area contributed by atoms with E-state index in [0.29, 0.717) is 0 Å².